The van der Waals surface area contributed by atoms with Gasteiger partial charge < -0.3 is 19.8 Å². The topological polar surface area (TPSA) is 97.6 Å². The second kappa shape index (κ2) is 11.3. The van der Waals surface area contributed by atoms with E-state index >= 15 is 0 Å². The maximum atomic E-state index is 12.7. The summed E-state index contributed by atoms with van der Waals surface area (Å²) in [4.78, 5) is 37.4. The smallest absolute Gasteiger partial charge is 0.329 e. The van der Waals surface area contributed by atoms with E-state index in [0.717, 1.165) is 15.6 Å². The van der Waals surface area contributed by atoms with Crippen molar-refractivity contribution in [3.8, 4) is 0 Å². The number of nitrogens with one attached hydrogen (secondary N) is 2. The van der Waals surface area contributed by atoms with Gasteiger partial charge in [0.15, 0.2) is 12.4 Å². The van der Waals surface area contributed by atoms with Crippen molar-refractivity contribution >= 4 is 33.7 Å². The Bertz CT molecular complexity index is 1040. The van der Waals surface area contributed by atoms with Crippen LogP contribution in [-0.4, -0.2) is 30.4 Å². The molecule has 3 aromatic rings. The van der Waals surface area contributed by atoms with E-state index in [-0.39, 0.29) is 18.2 Å². The first-order chi connectivity index (χ1) is 15.4. The summed E-state index contributed by atoms with van der Waals surface area (Å²) in [6, 6.07) is 18.6. The maximum Gasteiger partial charge on any atom is 0.329 e. The van der Waals surface area contributed by atoms with Gasteiger partial charge in [-0.25, -0.2) is 4.79 Å². The standard InChI is InChI=1S/C24H23BrN2O5/c1-16(18-9-11-19(25)12-10-18)26-22(28)15-32-24(30)20(14-17-6-3-2-4-7-17)27-23(29)21-8-5-13-31-21/h2-13,16,20H,14-15H2,1H3,(H,26,28)(H,27,29)/t16?,20-/m1/s1. The molecule has 0 radical (unpaired) electrons. The summed E-state index contributed by atoms with van der Waals surface area (Å²) in [6.45, 7) is 1.38. The fourth-order valence-electron chi connectivity index (χ4n) is 3.04. The third kappa shape index (κ3) is 6.81. The van der Waals surface area contributed by atoms with E-state index in [1.807, 2.05) is 61.5 Å². The van der Waals surface area contributed by atoms with Crippen LogP contribution in [-0.2, 0) is 20.7 Å². The second-order valence-electron chi connectivity index (χ2n) is 7.14. The molecule has 1 unspecified atom stereocenters. The minimum absolute atomic E-state index is 0.0805. The molecule has 0 spiro atoms. The van der Waals surface area contributed by atoms with Crippen LogP contribution in [0.5, 0.6) is 0 Å². The van der Waals surface area contributed by atoms with Gasteiger partial charge in [0.2, 0.25) is 0 Å². The highest BCUT2D eigenvalue weighted by Gasteiger charge is 2.25. The molecule has 2 aromatic carbocycles. The van der Waals surface area contributed by atoms with Crippen molar-refractivity contribution in [2.45, 2.75) is 25.4 Å². The van der Waals surface area contributed by atoms with Crippen molar-refractivity contribution in [1.29, 1.82) is 0 Å². The fraction of sp³-hybridized carbons (Fsp3) is 0.208. The predicted molar refractivity (Wildman–Crippen MR) is 122 cm³/mol. The van der Waals surface area contributed by atoms with Gasteiger partial charge in [-0.15, -0.1) is 0 Å². The zero-order valence-corrected chi connectivity index (χ0v) is 19.0. The number of carbonyl (C=O) groups is 3. The van der Waals surface area contributed by atoms with E-state index in [9.17, 15) is 14.4 Å². The molecule has 0 fully saturated rings. The molecule has 1 heterocycles. The summed E-state index contributed by atoms with van der Waals surface area (Å²) in [6.07, 6.45) is 1.58. The summed E-state index contributed by atoms with van der Waals surface area (Å²) in [5.74, 6) is -1.61. The summed E-state index contributed by atoms with van der Waals surface area (Å²) >= 11 is 3.37. The number of ether oxygens (including phenoxy) is 1. The third-order valence-electron chi connectivity index (χ3n) is 4.71. The van der Waals surface area contributed by atoms with Gasteiger partial charge in [-0.05, 0) is 42.3 Å². The number of hydrogen-bond acceptors (Lipinski definition) is 5. The SMILES string of the molecule is CC(NC(=O)COC(=O)[C@@H](Cc1ccccc1)NC(=O)c1ccco1)c1ccc(Br)cc1. The molecule has 0 aliphatic carbocycles. The van der Waals surface area contributed by atoms with Crippen LogP contribution >= 0.6 is 15.9 Å². The van der Waals surface area contributed by atoms with Gasteiger partial charge in [-0.1, -0.05) is 58.4 Å². The van der Waals surface area contributed by atoms with Crippen molar-refractivity contribution in [2.75, 3.05) is 6.61 Å². The summed E-state index contributed by atoms with van der Waals surface area (Å²) in [5.41, 5.74) is 1.75. The molecule has 1 aromatic heterocycles. The Morgan fingerprint density at radius 3 is 2.34 bits per heavy atom. The van der Waals surface area contributed by atoms with E-state index in [1.165, 1.54) is 12.3 Å². The highest BCUT2D eigenvalue weighted by Crippen LogP contribution is 2.16. The van der Waals surface area contributed by atoms with E-state index < -0.39 is 30.4 Å². The van der Waals surface area contributed by atoms with Gasteiger partial charge in [0, 0.05) is 10.9 Å². The third-order valence-corrected chi connectivity index (χ3v) is 5.24. The largest absolute Gasteiger partial charge is 0.459 e. The number of hydrogen-bond donors (Lipinski definition) is 2. The van der Waals surface area contributed by atoms with Crippen molar-refractivity contribution in [3.05, 3.63) is 94.4 Å². The maximum absolute atomic E-state index is 12.7. The minimum atomic E-state index is -0.980. The number of amides is 2. The molecule has 0 saturated heterocycles. The first-order valence-electron chi connectivity index (χ1n) is 10.0. The molecule has 2 amide bonds. The molecule has 166 valence electrons. The van der Waals surface area contributed by atoms with Crippen LogP contribution in [0.2, 0.25) is 0 Å². The van der Waals surface area contributed by atoms with Gasteiger partial charge in [-0.3, -0.25) is 9.59 Å². The lowest BCUT2D eigenvalue weighted by atomic mass is 10.1. The van der Waals surface area contributed by atoms with Gasteiger partial charge in [-0.2, -0.15) is 0 Å². The Labute approximate surface area is 194 Å². The number of furan rings is 1. The molecule has 3 rings (SSSR count). The zero-order valence-electron chi connectivity index (χ0n) is 17.4. The summed E-state index contributed by atoms with van der Waals surface area (Å²) in [5, 5.41) is 5.41. The highest BCUT2D eigenvalue weighted by atomic mass is 79.9. The van der Waals surface area contributed by atoms with Crippen molar-refractivity contribution in [2.24, 2.45) is 0 Å². The second-order valence-corrected chi connectivity index (χ2v) is 8.06. The van der Waals surface area contributed by atoms with E-state index in [1.54, 1.807) is 6.07 Å². The number of benzene rings is 2. The lowest BCUT2D eigenvalue weighted by Crippen LogP contribution is -2.44. The van der Waals surface area contributed by atoms with Crippen LogP contribution < -0.4 is 10.6 Å². The number of halogens is 1. The average molecular weight is 499 g/mol. The fourth-order valence-corrected chi connectivity index (χ4v) is 3.30. The molecular weight excluding hydrogens is 476 g/mol. The molecule has 0 saturated carbocycles. The lowest BCUT2D eigenvalue weighted by Gasteiger charge is -2.18. The molecule has 32 heavy (non-hydrogen) atoms. The van der Waals surface area contributed by atoms with Gasteiger partial charge in [0.05, 0.1) is 12.3 Å². The van der Waals surface area contributed by atoms with Crippen LogP contribution in [0.15, 0.2) is 81.9 Å². The first-order valence-corrected chi connectivity index (χ1v) is 10.8. The molecule has 0 bridgehead atoms. The molecule has 2 atom stereocenters. The van der Waals surface area contributed by atoms with Crippen molar-refractivity contribution in [1.82, 2.24) is 10.6 Å². The van der Waals surface area contributed by atoms with Crippen LogP contribution in [0.4, 0.5) is 0 Å². The summed E-state index contributed by atoms with van der Waals surface area (Å²) in [7, 11) is 0. The normalized spacial score (nSPS) is 12.4. The van der Waals surface area contributed by atoms with Crippen LogP contribution in [0, 0.1) is 0 Å². The van der Waals surface area contributed by atoms with Crippen LogP contribution in [0.25, 0.3) is 0 Å². The Hall–Kier alpha value is -3.39. The van der Waals surface area contributed by atoms with Gasteiger partial charge in [0.1, 0.15) is 6.04 Å². The minimum Gasteiger partial charge on any atom is -0.459 e. The zero-order chi connectivity index (χ0) is 22.9. The number of rotatable bonds is 9. The summed E-state index contributed by atoms with van der Waals surface area (Å²) < 4.78 is 11.2. The Morgan fingerprint density at radius 2 is 1.69 bits per heavy atom. The number of carbonyl (C=O) groups excluding carboxylic acids is 3. The molecule has 8 heteroatoms. The molecule has 0 aliphatic rings. The molecular formula is C24H23BrN2O5. The quantitative estimate of drug-likeness (QED) is 0.437. The Kier molecular flexibility index (Phi) is 8.21. The van der Waals surface area contributed by atoms with Crippen molar-refractivity contribution in [3.63, 3.8) is 0 Å². The Morgan fingerprint density at radius 1 is 0.969 bits per heavy atom. The monoisotopic (exact) mass is 498 g/mol. The van der Waals surface area contributed by atoms with E-state index in [0.29, 0.717) is 0 Å². The van der Waals surface area contributed by atoms with Crippen LogP contribution in [0.3, 0.4) is 0 Å². The molecule has 0 aliphatic heterocycles. The average Bonchev–Trinajstić information content (AvgIpc) is 3.33. The highest BCUT2D eigenvalue weighted by molar-refractivity contribution is 9.10. The van der Waals surface area contributed by atoms with Crippen molar-refractivity contribution < 1.29 is 23.5 Å². The lowest BCUT2D eigenvalue weighted by molar-refractivity contribution is -0.150. The van der Waals surface area contributed by atoms with E-state index in [4.69, 9.17) is 9.15 Å². The first kappa shape index (κ1) is 23.3. The molecule has 2 N–H and O–H groups in total. The predicted octanol–water partition coefficient (Wildman–Crippen LogP) is 3.80. The Balaban J connectivity index is 1.58. The molecule has 7 nitrogen and oxygen atoms in total. The van der Waals surface area contributed by atoms with E-state index in [2.05, 4.69) is 26.6 Å². The number of esters is 1. The van der Waals surface area contributed by atoms with Gasteiger partial charge >= 0.3 is 5.97 Å². The van der Waals surface area contributed by atoms with Crippen LogP contribution in [0.1, 0.15) is 34.6 Å². The van der Waals surface area contributed by atoms with Gasteiger partial charge in [0.25, 0.3) is 11.8 Å².